The molecule has 2 aromatic rings. The predicted molar refractivity (Wildman–Crippen MR) is 108 cm³/mol. The lowest BCUT2D eigenvalue weighted by molar-refractivity contribution is -0.135. The van der Waals surface area contributed by atoms with E-state index in [0.717, 1.165) is 44.7 Å². The van der Waals surface area contributed by atoms with Crippen molar-refractivity contribution in [1.82, 2.24) is 14.8 Å². The van der Waals surface area contributed by atoms with Gasteiger partial charge in [-0.25, -0.2) is 4.98 Å². The molecule has 1 aromatic heterocycles. The Kier molecular flexibility index (Phi) is 6.27. The fraction of sp³-hybridized carbons (Fsp3) is 0.455. The Morgan fingerprint density at radius 1 is 1.17 bits per heavy atom. The van der Waals surface area contributed by atoms with Crippen molar-refractivity contribution in [1.29, 1.82) is 0 Å². The Labute approximate surface area is 171 Å². The van der Waals surface area contributed by atoms with Crippen LogP contribution in [0.5, 0.6) is 11.6 Å². The fourth-order valence-corrected chi connectivity index (χ4v) is 3.76. The highest BCUT2D eigenvalue weighted by Crippen LogP contribution is 2.33. The zero-order valence-electron chi connectivity index (χ0n) is 16.8. The number of fused-ring (bicyclic) bond motifs is 1. The number of ether oxygens (including phenoxy) is 3. The number of methoxy groups -OCH3 is 1. The average molecular weight is 397 g/mol. The lowest BCUT2D eigenvalue weighted by Crippen LogP contribution is -2.37. The van der Waals surface area contributed by atoms with Crippen LogP contribution in [0.25, 0.3) is 0 Å². The molecule has 29 heavy (non-hydrogen) atoms. The molecule has 7 heteroatoms. The van der Waals surface area contributed by atoms with Gasteiger partial charge in [0, 0.05) is 46.0 Å². The molecule has 0 N–H and O–H groups in total. The van der Waals surface area contributed by atoms with Crippen LogP contribution in [0.2, 0.25) is 0 Å². The highest BCUT2D eigenvalue weighted by Gasteiger charge is 2.23. The fourth-order valence-electron chi connectivity index (χ4n) is 3.76. The molecule has 1 amide bonds. The SMILES string of the molecule is COCC(=O)N1CCCN(Cc2ccc([C@H]3COc4cccnc4O3)cc2)CC1. The van der Waals surface area contributed by atoms with Crippen LogP contribution >= 0.6 is 0 Å². The van der Waals surface area contributed by atoms with E-state index < -0.39 is 0 Å². The van der Waals surface area contributed by atoms with E-state index in [1.54, 1.807) is 13.3 Å². The zero-order valence-corrected chi connectivity index (χ0v) is 16.8. The number of benzene rings is 1. The Morgan fingerprint density at radius 3 is 2.86 bits per heavy atom. The van der Waals surface area contributed by atoms with Crippen LogP contribution in [0, 0.1) is 0 Å². The minimum absolute atomic E-state index is 0.0736. The first-order valence-electron chi connectivity index (χ1n) is 10.1. The minimum Gasteiger partial charge on any atom is -0.484 e. The number of nitrogens with zero attached hydrogens (tertiary/aromatic N) is 3. The van der Waals surface area contributed by atoms with E-state index in [2.05, 4.69) is 34.1 Å². The predicted octanol–water partition coefficient (Wildman–Crippen LogP) is 2.27. The van der Waals surface area contributed by atoms with Crippen molar-refractivity contribution in [2.75, 3.05) is 46.5 Å². The summed E-state index contributed by atoms with van der Waals surface area (Å²) in [6.07, 6.45) is 2.54. The molecule has 1 saturated heterocycles. The van der Waals surface area contributed by atoms with Gasteiger partial charge in [0.05, 0.1) is 0 Å². The third-order valence-corrected chi connectivity index (χ3v) is 5.35. The lowest BCUT2D eigenvalue weighted by Gasteiger charge is -2.26. The summed E-state index contributed by atoms with van der Waals surface area (Å²) in [4.78, 5) is 20.6. The number of rotatable bonds is 5. The maximum Gasteiger partial charge on any atom is 0.257 e. The molecule has 1 aromatic carbocycles. The topological polar surface area (TPSA) is 64.1 Å². The molecule has 1 atom stereocenters. The largest absolute Gasteiger partial charge is 0.484 e. The molecular weight excluding hydrogens is 370 g/mol. The highest BCUT2D eigenvalue weighted by molar-refractivity contribution is 5.77. The second kappa shape index (κ2) is 9.24. The van der Waals surface area contributed by atoms with Crippen LogP contribution in [0.3, 0.4) is 0 Å². The molecule has 2 aliphatic rings. The van der Waals surface area contributed by atoms with Crippen LogP contribution < -0.4 is 9.47 Å². The van der Waals surface area contributed by atoms with E-state index >= 15 is 0 Å². The van der Waals surface area contributed by atoms with Crippen LogP contribution in [0.4, 0.5) is 0 Å². The van der Waals surface area contributed by atoms with Crippen LogP contribution in [-0.4, -0.2) is 67.2 Å². The minimum atomic E-state index is -0.148. The monoisotopic (exact) mass is 397 g/mol. The molecule has 0 radical (unpaired) electrons. The van der Waals surface area contributed by atoms with Crippen molar-refractivity contribution < 1.29 is 19.0 Å². The molecule has 7 nitrogen and oxygen atoms in total. The number of pyridine rings is 1. The average Bonchev–Trinajstić information content (AvgIpc) is 3.00. The van der Waals surface area contributed by atoms with Gasteiger partial charge in [-0.2, -0.15) is 0 Å². The van der Waals surface area contributed by atoms with E-state index in [-0.39, 0.29) is 18.6 Å². The number of hydrogen-bond donors (Lipinski definition) is 0. The lowest BCUT2D eigenvalue weighted by atomic mass is 10.1. The second-order valence-corrected chi connectivity index (χ2v) is 7.41. The molecule has 4 rings (SSSR count). The van der Waals surface area contributed by atoms with Gasteiger partial charge in [0.25, 0.3) is 5.88 Å². The van der Waals surface area contributed by atoms with Crippen LogP contribution in [0.15, 0.2) is 42.6 Å². The van der Waals surface area contributed by atoms with Crippen molar-refractivity contribution >= 4 is 5.91 Å². The normalized spacial score (nSPS) is 19.6. The highest BCUT2D eigenvalue weighted by atomic mass is 16.6. The first-order chi connectivity index (χ1) is 14.2. The Morgan fingerprint density at radius 2 is 2.03 bits per heavy atom. The number of carbonyl (C=O) groups is 1. The van der Waals surface area contributed by atoms with Gasteiger partial charge in [-0.05, 0) is 29.7 Å². The number of amides is 1. The van der Waals surface area contributed by atoms with Gasteiger partial charge in [0.1, 0.15) is 13.2 Å². The summed E-state index contributed by atoms with van der Waals surface area (Å²) in [5.41, 5.74) is 2.33. The second-order valence-electron chi connectivity index (χ2n) is 7.41. The summed E-state index contributed by atoms with van der Waals surface area (Å²) in [5.74, 6) is 1.31. The van der Waals surface area contributed by atoms with Crippen molar-refractivity contribution in [3.63, 3.8) is 0 Å². The quantitative estimate of drug-likeness (QED) is 0.771. The first kappa shape index (κ1) is 19.7. The third-order valence-electron chi connectivity index (χ3n) is 5.35. The molecule has 154 valence electrons. The number of hydrogen-bond acceptors (Lipinski definition) is 6. The summed E-state index contributed by atoms with van der Waals surface area (Å²) in [7, 11) is 1.56. The molecular formula is C22H27N3O4. The summed E-state index contributed by atoms with van der Waals surface area (Å²) in [6, 6.07) is 12.2. The van der Waals surface area contributed by atoms with Gasteiger partial charge in [-0.1, -0.05) is 24.3 Å². The van der Waals surface area contributed by atoms with E-state index in [0.29, 0.717) is 18.2 Å². The van der Waals surface area contributed by atoms with E-state index in [9.17, 15) is 4.79 Å². The Hall–Kier alpha value is -2.64. The van der Waals surface area contributed by atoms with Crippen LogP contribution in [-0.2, 0) is 16.1 Å². The molecule has 1 fully saturated rings. The van der Waals surface area contributed by atoms with Gasteiger partial charge in [-0.3, -0.25) is 9.69 Å². The first-order valence-corrected chi connectivity index (χ1v) is 10.1. The van der Waals surface area contributed by atoms with Gasteiger partial charge in [-0.15, -0.1) is 0 Å². The Balaban J connectivity index is 1.32. The van der Waals surface area contributed by atoms with Crippen molar-refractivity contribution in [2.24, 2.45) is 0 Å². The summed E-state index contributed by atoms with van der Waals surface area (Å²) in [6.45, 7) is 4.93. The number of carbonyl (C=O) groups excluding carboxylic acids is 1. The van der Waals surface area contributed by atoms with Crippen molar-refractivity contribution in [3.05, 3.63) is 53.7 Å². The zero-order chi connectivity index (χ0) is 20.1. The molecule has 0 bridgehead atoms. The molecule has 0 saturated carbocycles. The van der Waals surface area contributed by atoms with E-state index in [4.69, 9.17) is 14.2 Å². The maximum atomic E-state index is 12.0. The maximum absolute atomic E-state index is 12.0. The summed E-state index contributed by atoms with van der Waals surface area (Å²) in [5, 5.41) is 0. The van der Waals surface area contributed by atoms with E-state index in [1.807, 2.05) is 17.0 Å². The molecule has 0 spiro atoms. The van der Waals surface area contributed by atoms with Gasteiger partial charge in [0.2, 0.25) is 5.91 Å². The molecule has 3 heterocycles. The molecule has 0 unspecified atom stereocenters. The summed E-state index contributed by atoms with van der Waals surface area (Å²) < 4.78 is 16.7. The van der Waals surface area contributed by atoms with E-state index in [1.165, 1.54) is 5.56 Å². The smallest absolute Gasteiger partial charge is 0.257 e. The van der Waals surface area contributed by atoms with Gasteiger partial charge in [0.15, 0.2) is 11.9 Å². The number of aromatic nitrogens is 1. The third kappa shape index (κ3) is 4.86. The van der Waals surface area contributed by atoms with Crippen LogP contribution in [0.1, 0.15) is 23.7 Å². The Bertz CT molecular complexity index is 827. The van der Waals surface area contributed by atoms with Gasteiger partial charge >= 0.3 is 0 Å². The molecule has 2 aliphatic heterocycles. The van der Waals surface area contributed by atoms with Crippen molar-refractivity contribution in [2.45, 2.75) is 19.1 Å². The van der Waals surface area contributed by atoms with Gasteiger partial charge < -0.3 is 19.1 Å². The van der Waals surface area contributed by atoms with Crippen molar-refractivity contribution in [3.8, 4) is 11.6 Å². The molecule has 0 aliphatic carbocycles. The summed E-state index contributed by atoms with van der Waals surface area (Å²) >= 11 is 0. The standard InChI is InChI=1S/C22H27N3O4/c1-27-16-21(26)25-11-3-10-24(12-13-25)14-17-5-7-18(8-6-17)20-15-28-19-4-2-9-23-22(19)29-20/h2,4-9,20H,3,10-16H2,1H3/t20-/m1/s1.